The van der Waals surface area contributed by atoms with E-state index in [0.717, 1.165) is 37.5 Å². The zero-order chi connectivity index (χ0) is 37.2. The number of rotatable bonds is 5. The molecular weight excluding hydrogens is 808 g/mol. The van der Waals surface area contributed by atoms with E-state index in [9.17, 15) is 9.59 Å². The second-order valence-electron chi connectivity index (χ2n) is 12.2. The summed E-state index contributed by atoms with van der Waals surface area (Å²) in [4.78, 5) is 24.0. The molecule has 5 rings (SSSR count). The SMILES string of the molecule is CNC(C)=O.CNCCCCC(C)=O.Cc1ccc(C)cc1.Cc1ccc2cc(C)ccc2c1.Cc1cccc(C)c1.Cc1n[nH]c(C)n1.[CH3-].[CH3-].[Y].[Y]. The number of nitrogens with one attached hydrogen (secondary N) is 3. The van der Waals surface area contributed by atoms with Gasteiger partial charge in [-0.1, -0.05) is 118 Å². The fourth-order valence-corrected chi connectivity index (χ4v) is 4.06. The molecule has 7 nitrogen and oxygen atoms in total. The van der Waals surface area contributed by atoms with Crippen LogP contribution in [0.15, 0.2) is 84.9 Å². The molecule has 0 saturated heterocycles. The molecule has 3 N–H and O–H groups in total. The molecule has 0 fully saturated rings. The van der Waals surface area contributed by atoms with Gasteiger partial charge in [0.05, 0.1) is 0 Å². The van der Waals surface area contributed by atoms with Crippen LogP contribution in [-0.2, 0) is 75.0 Å². The van der Waals surface area contributed by atoms with Crippen LogP contribution in [0.3, 0.4) is 0 Å². The Bertz CT molecular complexity index is 1540. The van der Waals surface area contributed by atoms with Crippen molar-refractivity contribution in [2.75, 3.05) is 20.6 Å². The molecule has 4 aromatic carbocycles. The average Bonchev–Trinajstić information content (AvgIpc) is 3.44. The molecule has 53 heavy (non-hydrogen) atoms. The summed E-state index contributed by atoms with van der Waals surface area (Å²) in [6.45, 7) is 20.5. The van der Waals surface area contributed by atoms with Crippen molar-refractivity contribution in [1.82, 2.24) is 25.8 Å². The van der Waals surface area contributed by atoms with Crippen LogP contribution in [0.5, 0.6) is 0 Å². The number of hydrogen-bond donors (Lipinski definition) is 3. The normalized spacial score (nSPS) is 8.68. The van der Waals surface area contributed by atoms with Gasteiger partial charge in [0.1, 0.15) is 17.4 Å². The molecule has 0 aliphatic rings. The number of hydrogen-bond acceptors (Lipinski definition) is 5. The number of amides is 1. The molecule has 0 saturated carbocycles. The van der Waals surface area contributed by atoms with E-state index in [1.54, 1.807) is 14.0 Å². The minimum absolute atomic E-state index is 0. The van der Waals surface area contributed by atoms with Crippen molar-refractivity contribution in [1.29, 1.82) is 0 Å². The monoisotopic (exact) mass is 875 g/mol. The number of fused-ring (bicyclic) bond motifs is 1. The predicted octanol–water partition coefficient (Wildman–Crippen LogP) is 10.1. The van der Waals surface area contributed by atoms with Gasteiger partial charge in [0, 0.05) is 85.8 Å². The van der Waals surface area contributed by atoms with Crippen LogP contribution < -0.4 is 10.6 Å². The van der Waals surface area contributed by atoms with Gasteiger partial charge in [-0.3, -0.25) is 9.89 Å². The number of Topliss-reactive ketones (excluding diaryl/α,β-unsaturated/α-hetero) is 1. The average molecular weight is 876 g/mol. The number of carbonyl (C=O) groups is 2. The molecule has 1 heterocycles. The van der Waals surface area contributed by atoms with Gasteiger partial charge >= 0.3 is 0 Å². The first-order valence-electron chi connectivity index (χ1n) is 16.9. The Kier molecular flexibility index (Phi) is 41.3. The van der Waals surface area contributed by atoms with Crippen molar-refractivity contribution in [3.63, 3.8) is 0 Å². The van der Waals surface area contributed by atoms with Crippen LogP contribution >= 0.6 is 0 Å². The minimum atomic E-state index is 0. The topological polar surface area (TPSA) is 99.8 Å². The first-order valence-corrected chi connectivity index (χ1v) is 16.9. The van der Waals surface area contributed by atoms with Crippen molar-refractivity contribution in [3.05, 3.63) is 145 Å². The molecular formula is C44H67N5O2Y2-2. The number of aromatic amines is 1. The largest absolute Gasteiger partial charge is 0.359 e. The van der Waals surface area contributed by atoms with Gasteiger partial charge in [-0.25, -0.2) is 4.98 Å². The number of benzene rings is 4. The molecule has 1 amide bonds. The first-order chi connectivity index (χ1) is 23.2. The van der Waals surface area contributed by atoms with Crippen LogP contribution in [0, 0.1) is 70.2 Å². The third-order valence-electron chi connectivity index (χ3n) is 6.81. The summed E-state index contributed by atoms with van der Waals surface area (Å²) in [6.07, 6.45) is 2.87. The van der Waals surface area contributed by atoms with E-state index in [4.69, 9.17) is 0 Å². The van der Waals surface area contributed by atoms with Crippen molar-refractivity contribution >= 4 is 22.5 Å². The number of H-pyrrole nitrogens is 1. The second-order valence-corrected chi connectivity index (χ2v) is 12.2. The summed E-state index contributed by atoms with van der Waals surface area (Å²) in [5.41, 5.74) is 7.99. The zero-order valence-corrected chi connectivity index (χ0v) is 41.0. The van der Waals surface area contributed by atoms with E-state index in [-0.39, 0.29) is 86.2 Å². The Morgan fingerprint density at radius 3 is 1.26 bits per heavy atom. The fourth-order valence-electron chi connectivity index (χ4n) is 4.06. The molecule has 0 aliphatic carbocycles. The summed E-state index contributed by atoms with van der Waals surface area (Å²) < 4.78 is 0. The molecule has 2 radical (unpaired) electrons. The van der Waals surface area contributed by atoms with Crippen LogP contribution in [0.25, 0.3) is 10.8 Å². The standard InChI is InChI=1S/C12H12.2C8H10.C7H15NO.C4H7N3.C3H7NO.2CH3.2Y/c1-9-3-5-12-8-10(2)4-6-11(12)7-9;1-7-3-5-8(2)6-4-7;1-7-4-3-5-8(2)6-7;1-7(9)5-3-4-6-8-2;1-3-5-4(2)7-6-3;1-3(5)4-2;;;;/h3-8H,1-2H3;2*3-6H,1-2H3;8H,3-6H2,1-2H3;1-2H3,(H,5,6,7);1-2H3,(H,4,5);2*1H3;;/q;;;;;;2*-1;;. The Balaban J connectivity index is -0.000000174. The van der Waals surface area contributed by atoms with Crippen LogP contribution in [-0.4, -0.2) is 47.5 Å². The summed E-state index contributed by atoms with van der Waals surface area (Å²) in [6, 6.07) is 30.0. The maximum absolute atomic E-state index is 10.4. The number of aromatic nitrogens is 3. The molecule has 5 aromatic rings. The quantitative estimate of drug-likeness (QED) is 0.121. The van der Waals surface area contributed by atoms with E-state index >= 15 is 0 Å². The summed E-state index contributed by atoms with van der Waals surface area (Å²) in [5, 5.41) is 14.6. The third-order valence-corrected chi connectivity index (χ3v) is 6.81. The number of aryl methyl sites for hydroxylation is 8. The summed E-state index contributed by atoms with van der Waals surface area (Å²) >= 11 is 0. The third kappa shape index (κ3) is 35.1. The van der Waals surface area contributed by atoms with Crippen LogP contribution in [0.2, 0.25) is 0 Å². The van der Waals surface area contributed by atoms with Crippen molar-refractivity contribution in [2.24, 2.45) is 0 Å². The summed E-state index contributed by atoms with van der Waals surface area (Å²) in [5.74, 6) is 1.98. The Hall–Kier alpha value is -2.41. The number of carbonyl (C=O) groups excluding carboxylic acids is 2. The van der Waals surface area contributed by atoms with Crippen molar-refractivity contribution < 1.29 is 75.0 Å². The molecule has 0 aliphatic heterocycles. The van der Waals surface area contributed by atoms with Crippen molar-refractivity contribution in [3.8, 4) is 0 Å². The zero-order valence-electron chi connectivity index (χ0n) is 35.3. The molecule has 0 unspecified atom stereocenters. The fraction of sp³-hybridized carbons (Fsp3) is 0.364. The van der Waals surface area contributed by atoms with Crippen LogP contribution in [0.4, 0.5) is 0 Å². The molecule has 1 aromatic heterocycles. The van der Waals surface area contributed by atoms with Gasteiger partial charge in [-0.2, -0.15) is 5.10 Å². The Labute approximate surface area is 373 Å². The number of ketones is 1. The smallest absolute Gasteiger partial charge is 0.216 e. The Morgan fingerprint density at radius 2 is 1.00 bits per heavy atom. The predicted molar refractivity (Wildman–Crippen MR) is 222 cm³/mol. The van der Waals surface area contributed by atoms with E-state index in [1.165, 1.54) is 51.1 Å². The van der Waals surface area contributed by atoms with E-state index in [0.29, 0.717) is 5.78 Å². The molecule has 288 valence electrons. The number of unbranched alkanes of at least 4 members (excludes halogenated alkanes) is 1. The van der Waals surface area contributed by atoms with Crippen LogP contribution in [0.1, 0.15) is 78.1 Å². The van der Waals surface area contributed by atoms with Gasteiger partial charge in [0.25, 0.3) is 0 Å². The second kappa shape index (κ2) is 36.6. The molecule has 0 spiro atoms. The minimum Gasteiger partial charge on any atom is -0.359 e. The van der Waals surface area contributed by atoms with Gasteiger partial charge in [-0.05, 0) is 99.5 Å². The van der Waals surface area contributed by atoms with E-state index in [2.05, 4.69) is 152 Å². The molecule has 0 bridgehead atoms. The summed E-state index contributed by atoms with van der Waals surface area (Å²) in [7, 11) is 3.52. The van der Waals surface area contributed by atoms with E-state index in [1.807, 2.05) is 20.9 Å². The molecule has 0 atom stereocenters. The van der Waals surface area contributed by atoms with Gasteiger partial charge in [-0.15, -0.1) is 0 Å². The van der Waals surface area contributed by atoms with Crippen molar-refractivity contribution in [2.45, 2.75) is 88.5 Å². The van der Waals surface area contributed by atoms with Gasteiger partial charge < -0.3 is 30.3 Å². The maximum Gasteiger partial charge on any atom is 0.216 e. The van der Waals surface area contributed by atoms with E-state index < -0.39 is 0 Å². The number of nitrogens with zero attached hydrogens (tertiary/aromatic N) is 2. The van der Waals surface area contributed by atoms with Gasteiger partial charge in [0.2, 0.25) is 5.91 Å². The Morgan fingerprint density at radius 1 is 0.604 bits per heavy atom. The maximum atomic E-state index is 10.4. The van der Waals surface area contributed by atoms with Gasteiger partial charge in [0.15, 0.2) is 0 Å². The first kappa shape index (κ1) is 59.9. The molecule has 9 heteroatoms.